The Morgan fingerprint density at radius 1 is 0.632 bits per heavy atom. The van der Waals surface area contributed by atoms with Crippen molar-refractivity contribution in [1.29, 1.82) is 0 Å². The Kier molecular flexibility index (Phi) is 16.9. The molecule has 2 aromatic rings. The van der Waals surface area contributed by atoms with Crippen LogP contribution in [-0.4, -0.2) is 89.3 Å². The lowest BCUT2D eigenvalue weighted by Gasteiger charge is -2.20. The average molecular weight is 570 g/mol. The molecular formula is C28H38Cl2N2O6. The maximum absolute atomic E-state index is 12.9. The van der Waals surface area contributed by atoms with Crippen molar-refractivity contribution in [3.63, 3.8) is 0 Å². The zero-order chi connectivity index (χ0) is 27.4. The molecule has 1 aliphatic carbocycles. The van der Waals surface area contributed by atoms with E-state index in [2.05, 4.69) is 5.32 Å². The summed E-state index contributed by atoms with van der Waals surface area (Å²) >= 11 is 10.9. The standard InChI is InChI=1S/C21H22ClNO4.C7H16ClNO2/c22-9-12-27-14-13-26-11-4-10-23-18-8-3-7-17-19(18)21(25)16-6-2-1-5-15(16)20(17)24;8-2-5-11-7-6-10-4-1-3-9/h1-3,5-8,23H,4,9-14H2;1-7,9H2. The Balaban J connectivity index is 0.000000391. The molecule has 2 aromatic carbocycles. The van der Waals surface area contributed by atoms with Crippen LogP contribution in [0.4, 0.5) is 5.69 Å². The number of carbonyl (C=O) groups excluding carboxylic acids is 2. The van der Waals surface area contributed by atoms with Crippen molar-refractivity contribution in [2.24, 2.45) is 5.73 Å². The van der Waals surface area contributed by atoms with Gasteiger partial charge >= 0.3 is 0 Å². The van der Waals surface area contributed by atoms with E-state index in [4.69, 9.17) is 47.9 Å². The fourth-order valence-corrected chi connectivity index (χ4v) is 3.85. The molecule has 3 N–H and O–H groups in total. The van der Waals surface area contributed by atoms with E-state index in [0.717, 1.165) is 19.4 Å². The molecule has 0 spiro atoms. The summed E-state index contributed by atoms with van der Waals surface area (Å²) in [6, 6.07) is 12.3. The van der Waals surface area contributed by atoms with E-state index in [1.165, 1.54) is 0 Å². The topological polar surface area (TPSA) is 109 Å². The number of fused-ring (bicyclic) bond motifs is 2. The number of alkyl halides is 2. The molecule has 0 radical (unpaired) electrons. The fraction of sp³-hybridized carbons (Fsp3) is 0.500. The van der Waals surface area contributed by atoms with Crippen molar-refractivity contribution in [3.05, 3.63) is 64.7 Å². The van der Waals surface area contributed by atoms with Gasteiger partial charge in [0.15, 0.2) is 11.6 Å². The molecule has 38 heavy (non-hydrogen) atoms. The zero-order valence-corrected chi connectivity index (χ0v) is 23.2. The normalized spacial score (nSPS) is 12.0. The van der Waals surface area contributed by atoms with Crippen LogP contribution in [0.5, 0.6) is 0 Å². The number of carbonyl (C=O) groups is 2. The smallest absolute Gasteiger partial charge is 0.196 e. The van der Waals surface area contributed by atoms with Crippen LogP contribution in [0.3, 0.4) is 0 Å². The minimum absolute atomic E-state index is 0.107. The highest BCUT2D eigenvalue weighted by atomic mass is 35.5. The van der Waals surface area contributed by atoms with Gasteiger partial charge in [0.25, 0.3) is 0 Å². The van der Waals surface area contributed by atoms with E-state index >= 15 is 0 Å². The van der Waals surface area contributed by atoms with Crippen LogP contribution < -0.4 is 11.1 Å². The van der Waals surface area contributed by atoms with Crippen LogP contribution in [-0.2, 0) is 18.9 Å². The number of ketones is 2. The summed E-state index contributed by atoms with van der Waals surface area (Å²) in [6.07, 6.45) is 1.69. The monoisotopic (exact) mass is 568 g/mol. The number of rotatable bonds is 18. The third-order valence-corrected chi connectivity index (χ3v) is 5.72. The number of nitrogens with one attached hydrogen (secondary N) is 1. The molecule has 0 saturated carbocycles. The Labute approximate surface area is 235 Å². The Morgan fingerprint density at radius 2 is 1.16 bits per heavy atom. The number of nitrogens with two attached hydrogens (primary N) is 1. The van der Waals surface area contributed by atoms with E-state index in [-0.39, 0.29) is 11.6 Å². The Morgan fingerprint density at radius 3 is 1.74 bits per heavy atom. The number of hydrogen-bond acceptors (Lipinski definition) is 8. The number of ether oxygens (including phenoxy) is 4. The molecule has 0 fully saturated rings. The average Bonchev–Trinajstić information content (AvgIpc) is 2.95. The van der Waals surface area contributed by atoms with Crippen LogP contribution in [0, 0.1) is 0 Å². The lowest BCUT2D eigenvalue weighted by molar-refractivity contribution is 0.0532. The highest BCUT2D eigenvalue weighted by molar-refractivity contribution is 6.30. The Bertz CT molecular complexity index is 968. The van der Waals surface area contributed by atoms with Crippen LogP contribution >= 0.6 is 23.2 Å². The molecule has 210 valence electrons. The van der Waals surface area contributed by atoms with Gasteiger partial charge in [-0.1, -0.05) is 36.4 Å². The largest absolute Gasteiger partial charge is 0.384 e. The van der Waals surface area contributed by atoms with Gasteiger partial charge < -0.3 is 30.0 Å². The van der Waals surface area contributed by atoms with Gasteiger partial charge in [0.1, 0.15) is 0 Å². The molecule has 0 aliphatic heterocycles. The molecule has 8 nitrogen and oxygen atoms in total. The molecule has 0 bridgehead atoms. The SMILES string of the molecule is NCCCOCCOCCCl.O=C1c2ccccc2C(=O)c2c(NCCCOCCOCCCl)cccc21. The van der Waals surface area contributed by atoms with Crippen molar-refractivity contribution in [1.82, 2.24) is 0 Å². The zero-order valence-electron chi connectivity index (χ0n) is 21.7. The maximum atomic E-state index is 12.9. The summed E-state index contributed by atoms with van der Waals surface area (Å²) in [4.78, 5) is 25.6. The summed E-state index contributed by atoms with van der Waals surface area (Å²) in [5, 5.41) is 3.26. The second kappa shape index (κ2) is 19.9. The van der Waals surface area contributed by atoms with E-state index in [0.29, 0.717) is 99.0 Å². The molecule has 3 rings (SSSR count). The molecule has 0 aromatic heterocycles. The molecule has 0 heterocycles. The lowest BCUT2D eigenvalue weighted by Crippen LogP contribution is -2.22. The molecular weight excluding hydrogens is 531 g/mol. The summed E-state index contributed by atoms with van der Waals surface area (Å²) < 4.78 is 21.0. The molecule has 10 heteroatoms. The number of halogens is 2. The summed E-state index contributed by atoms with van der Waals surface area (Å²) in [7, 11) is 0. The predicted octanol–water partition coefficient (Wildman–Crippen LogP) is 4.14. The second-order valence-corrected chi connectivity index (χ2v) is 8.94. The van der Waals surface area contributed by atoms with Crippen LogP contribution in [0.2, 0.25) is 0 Å². The van der Waals surface area contributed by atoms with Crippen LogP contribution in [0.15, 0.2) is 42.5 Å². The number of hydrogen-bond donors (Lipinski definition) is 2. The second-order valence-electron chi connectivity index (χ2n) is 8.18. The van der Waals surface area contributed by atoms with Gasteiger partial charge in [0.2, 0.25) is 0 Å². The van der Waals surface area contributed by atoms with Crippen LogP contribution in [0.1, 0.15) is 44.7 Å². The lowest BCUT2D eigenvalue weighted by atomic mass is 9.83. The molecule has 0 saturated heterocycles. The first-order valence-electron chi connectivity index (χ1n) is 12.8. The van der Waals surface area contributed by atoms with Gasteiger partial charge in [-0.05, 0) is 25.5 Å². The van der Waals surface area contributed by atoms with Gasteiger partial charge in [0, 0.05) is 53.9 Å². The Hall–Kier alpha value is -2.04. The van der Waals surface area contributed by atoms with Crippen molar-refractivity contribution < 1.29 is 28.5 Å². The van der Waals surface area contributed by atoms with Crippen molar-refractivity contribution in [2.75, 3.05) is 83.0 Å². The minimum Gasteiger partial charge on any atom is -0.384 e. The van der Waals surface area contributed by atoms with Gasteiger partial charge in [-0.2, -0.15) is 0 Å². The molecule has 0 unspecified atom stereocenters. The van der Waals surface area contributed by atoms with E-state index < -0.39 is 0 Å². The maximum Gasteiger partial charge on any atom is 0.196 e. The van der Waals surface area contributed by atoms with E-state index in [9.17, 15) is 9.59 Å². The third kappa shape index (κ3) is 11.0. The summed E-state index contributed by atoms with van der Waals surface area (Å²) in [5.41, 5.74) is 7.79. The third-order valence-electron chi connectivity index (χ3n) is 5.41. The van der Waals surface area contributed by atoms with Gasteiger partial charge in [-0.15, -0.1) is 23.2 Å². The summed E-state index contributed by atoms with van der Waals surface area (Å²) in [6.45, 7) is 6.08. The summed E-state index contributed by atoms with van der Waals surface area (Å²) in [5.74, 6) is 0.805. The quantitative estimate of drug-likeness (QED) is 0.174. The number of benzene rings is 2. The molecule has 0 amide bonds. The highest BCUT2D eigenvalue weighted by Gasteiger charge is 2.31. The van der Waals surface area contributed by atoms with Crippen molar-refractivity contribution in [3.8, 4) is 0 Å². The van der Waals surface area contributed by atoms with Crippen LogP contribution in [0.25, 0.3) is 0 Å². The fourth-order valence-electron chi connectivity index (χ4n) is 3.63. The molecule has 0 atom stereocenters. The first kappa shape index (κ1) is 32.2. The van der Waals surface area contributed by atoms with Crippen molar-refractivity contribution >= 4 is 40.5 Å². The number of anilines is 1. The highest BCUT2D eigenvalue weighted by Crippen LogP contribution is 2.31. The van der Waals surface area contributed by atoms with E-state index in [1.807, 2.05) is 6.07 Å². The van der Waals surface area contributed by atoms with E-state index in [1.54, 1.807) is 36.4 Å². The minimum atomic E-state index is -0.115. The first-order chi connectivity index (χ1) is 18.7. The van der Waals surface area contributed by atoms with Crippen molar-refractivity contribution in [2.45, 2.75) is 12.8 Å². The van der Waals surface area contributed by atoms with Gasteiger partial charge in [0.05, 0.1) is 45.2 Å². The first-order valence-corrected chi connectivity index (χ1v) is 13.9. The van der Waals surface area contributed by atoms with Gasteiger partial charge in [-0.25, -0.2) is 0 Å². The van der Waals surface area contributed by atoms with Gasteiger partial charge in [-0.3, -0.25) is 9.59 Å². The molecule has 1 aliphatic rings. The predicted molar refractivity (Wildman–Crippen MR) is 151 cm³/mol.